The van der Waals surface area contributed by atoms with Crippen molar-refractivity contribution < 1.29 is 14.3 Å². The van der Waals surface area contributed by atoms with Crippen molar-refractivity contribution in [2.45, 2.75) is 51.5 Å². The van der Waals surface area contributed by atoms with Crippen LogP contribution >= 0.6 is 0 Å². The van der Waals surface area contributed by atoms with Crippen molar-refractivity contribution in [1.29, 1.82) is 0 Å². The summed E-state index contributed by atoms with van der Waals surface area (Å²) in [7, 11) is 3.79. The van der Waals surface area contributed by atoms with E-state index in [0.29, 0.717) is 30.2 Å². The van der Waals surface area contributed by atoms with Crippen LogP contribution in [-0.4, -0.2) is 50.7 Å². The highest BCUT2D eigenvalue weighted by Gasteiger charge is 2.17. The summed E-state index contributed by atoms with van der Waals surface area (Å²) < 4.78 is 10.8. The normalized spacial score (nSPS) is 15.2. The molecule has 0 aliphatic heterocycles. The molecular formula is C20H32N2O3. The Labute approximate surface area is 151 Å². The first kappa shape index (κ1) is 19.6. The maximum Gasteiger partial charge on any atom is 0.251 e. The number of carbonyl (C=O) groups is 1. The highest BCUT2D eigenvalue weighted by molar-refractivity contribution is 5.94. The molecule has 0 spiro atoms. The van der Waals surface area contributed by atoms with E-state index in [9.17, 15) is 4.79 Å². The fourth-order valence-electron chi connectivity index (χ4n) is 3.42. The van der Waals surface area contributed by atoms with Crippen molar-refractivity contribution in [2.75, 3.05) is 33.9 Å². The first-order chi connectivity index (χ1) is 12.2. The Bertz CT molecular complexity index is 542. The maximum atomic E-state index is 12.3. The Kier molecular flexibility index (Phi) is 8.06. The molecule has 1 aliphatic carbocycles. The number of methoxy groups -OCH3 is 1. The minimum atomic E-state index is -0.0679. The van der Waals surface area contributed by atoms with Crippen LogP contribution < -0.4 is 14.8 Å². The molecule has 1 saturated carbocycles. The highest BCUT2D eigenvalue weighted by atomic mass is 16.5. The molecule has 0 unspecified atom stereocenters. The fraction of sp³-hybridized carbons (Fsp3) is 0.650. The topological polar surface area (TPSA) is 50.8 Å². The standard InChI is InChI=1S/C20H32N2O3/c1-4-25-18-12-11-16(15-19(18)24-3)20(23)21-13-8-14-22(2)17-9-6-5-7-10-17/h11-12,15,17H,4-10,13-14H2,1-3H3,(H,21,23). The molecule has 0 aromatic heterocycles. The monoisotopic (exact) mass is 348 g/mol. The van der Waals surface area contributed by atoms with E-state index in [1.54, 1.807) is 25.3 Å². The van der Waals surface area contributed by atoms with E-state index >= 15 is 0 Å². The van der Waals surface area contributed by atoms with Gasteiger partial charge in [0.05, 0.1) is 13.7 Å². The summed E-state index contributed by atoms with van der Waals surface area (Å²) >= 11 is 0. The van der Waals surface area contributed by atoms with E-state index in [4.69, 9.17) is 9.47 Å². The number of carbonyl (C=O) groups excluding carboxylic acids is 1. The summed E-state index contributed by atoms with van der Waals surface area (Å²) in [5, 5.41) is 3.00. The van der Waals surface area contributed by atoms with E-state index in [1.807, 2.05) is 6.92 Å². The minimum Gasteiger partial charge on any atom is -0.493 e. The van der Waals surface area contributed by atoms with Gasteiger partial charge < -0.3 is 19.7 Å². The molecule has 2 rings (SSSR count). The lowest BCUT2D eigenvalue weighted by molar-refractivity contribution is 0.0950. The van der Waals surface area contributed by atoms with Gasteiger partial charge in [0.25, 0.3) is 5.91 Å². The number of hydrogen-bond acceptors (Lipinski definition) is 4. The van der Waals surface area contributed by atoms with Gasteiger partial charge in [-0.25, -0.2) is 0 Å². The fourth-order valence-corrected chi connectivity index (χ4v) is 3.42. The van der Waals surface area contributed by atoms with Crippen LogP contribution in [0, 0.1) is 0 Å². The second kappa shape index (κ2) is 10.3. The Morgan fingerprint density at radius 2 is 2.00 bits per heavy atom. The predicted molar refractivity (Wildman–Crippen MR) is 101 cm³/mol. The molecule has 1 fully saturated rings. The van der Waals surface area contributed by atoms with Crippen LogP contribution in [0.4, 0.5) is 0 Å². The third-order valence-electron chi connectivity index (χ3n) is 4.90. The SMILES string of the molecule is CCOc1ccc(C(=O)NCCCN(C)C2CCCCC2)cc1OC. The largest absolute Gasteiger partial charge is 0.493 e. The van der Waals surface area contributed by atoms with Gasteiger partial charge in [0.15, 0.2) is 11.5 Å². The first-order valence-corrected chi connectivity index (χ1v) is 9.45. The summed E-state index contributed by atoms with van der Waals surface area (Å²) in [6.07, 6.45) is 7.68. The molecule has 5 heteroatoms. The van der Waals surface area contributed by atoms with E-state index in [2.05, 4.69) is 17.3 Å². The minimum absolute atomic E-state index is 0.0679. The lowest BCUT2D eigenvalue weighted by Crippen LogP contribution is -2.35. The third-order valence-corrected chi connectivity index (χ3v) is 4.90. The number of ether oxygens (including phenoxy) is 2. The van der Waals surface area contributed by atoms with Gasteiger partial charge in [-0.15, -0.1) is 0 Å². The molecule has 1 aromatic carbocycles. The zero-order chi connectivity index (χ0) is 18.1. The van der Waals surface area contributed by atoms with Crippen LogP contribution in [0.25, 0.3) is 0 Å². The van der Waals surface area contributed by atoms with Gasteiger partial charge in [0.1, 0.15) is 0 Å². The van der Waals surface area contributed by atoms with Crippen LogP contribution in [0.1, 0.15) is 55.8 Å². The summed E-state index contributed by atoms with van der Waals surface area (Å²) in [6.45, 7) is 4.20. The highest BCUT2D eigenvalue weighted by Crippen LogP contribution is 2.28. The van der Waals surface area contributed by atoms with Gasteiger partial charge in [0.2, 0.25) is 0 Å². The van der Waals surface area contributed by atoms with Crippen molar-refractivity contribution in [2.24, 2.45) is 0 Å². The average Bonchev–Trinajstić information content (AvgIpc) is 2.66. The molecular weight excluding hydrogens is 316 g/mol. The maximum absolute atomic E-state index is 12.3. The number of nitrogens with zero attached hydrogens (tertiary/aromatic N) is 1. The zero-order valence-corrected chi connectivity index (χ0v) is 15.8. The van der Waals surface area contributed by atoms with Crippen molar-refractivity contribution in [3.8, 4) is 11.5 Å². The number of nitrogens with one attached hydrogen (secondary N) is 1. The molecule has 1 aromatic rings. The third kappa shape index (κ3) is 5.92. The molecule has 0 heterocycles. The molecule has 0 atom stereocenters. The van der Waals surface area contributed by atoms with Crippen molar-refractivity contribution in [1.82, 2.24) is 10.2 Å². The summed E-state index contributed by atoms with van der Waals surface area (Å²) in [5.41, 5.74) is 0.598. The predicted octanol–water partition coefficient (Wildman–Crippen LogP) is 3.48. The van der Waals surface area contributed by atoms with E-state index in [0.717, 1.165) is 19.0 Å². The van der Waals surface area contributed by atoms with Crippen LogP contribution in [0.5, 0.6) is 11.5 Å². The van der Waals surface area contributed by atoms with Crippen LogP contribution in [0.2, 0.25) is 0 Å². The number of hydrogen-bond donors (Lipinski definition) is 1. The molecule has 0 bridgehead atoms. The molecule has 5 nitrogen and oxygen atoms in total. The Hall–Kier alpha value is -1.75. The van der Waals surface area contributed by atoms with Gasteiger partial charge in [-0.3, -0.25) is 4.79 Å². The smallest absolute Gasteiger partial charge is 0.251 e. The van der Waals surface area contributed by atoms with Crippen LogP contribution in [0.3, 0.4) is 0 Å². The first-order valence-electron chi connectivity index (χ1n) is 9.45. The zero-order valence-electron chi connectivity index (χ0n) is 15.8. The molecule has 25 heavy (non-hydrogen) atoms. The molecule has 140 valence electrons. The van der Waals surface area contributed by atoms with Gasteiger partial charge in [-0.2, -0.15) is 0 Å². The molecule has 1 aliphatic rings. The molecule has 0 radical (unpaired) electrons. The Morgan fingerprint density at radius 3 is 2.68 bits per heavy atom. The average molecular weight is 348 g/mol. The Morgan fingerprint density at radius 1 is 1.24 bits per heavy atom. The number of amides is 1. The lowest BCUT2D eigenvalue weighted by Gasteiger charge is -2.31. The van der Waals surface area contributed by atoms with Crippen molar-refractivity contribution in [3.05, 3.63) is 23.8 Å². The lowest BCUT2D eigenvalue weighted by atomic mass is 9.94. The molecule has 1 amide bonds. The van der Waals surface area contributed by atoms with E-state index < -0.39 is 0 Å². The number of rotatable bonds is 9. The van der Waals surface area contributed by atoms with Gasteiger partial charge in [0, 0.05) is 18.2 Å². The van der Waals surface area contributed by atoms with Crippen LogP contribution in [0.15, 0.2) is 18.2 Å². The van der Waals surface area contributed by atoms with Gasteiger partial charge in [-0.05, 0) is 58.0 Å². The summed E-state index contributed by atoms with van der Waals surface area (Å²) in [5.74, 6) is 1.18. The quantitative estimate of drug-likeness (QED) is 0.694. The number of benzene rings is 1. The summed E-state index contributed by atoms with van der Waals surface area (Å²) in [4.78, 5) is 14.8. The Balaban J connectivity index is 1.76. The summed E-state index contributed by atoms with van der Waals surface area (Å²) in [6, 6.07) is 6.01. The van der Waals surface area contributed by atoms with Crippen molar-refractivity contribution in [3.63, 3.8) is 0 Å². The van der Waals surface area contributed by atoms with E-state index in [-0.39, 0.29) is 5.91 Å². The molecule has 1 N–H and O–H groups in total. The van der Waals surface area contributed by atoms with Gasteiger partial charge in [-0.1, -0.05) is 19.3 Å². The van der Waals surface area contributed by atoms with Crippen molar-refractivity contribution >= 4 is 5.91 Å². The second-order valence-corrected chi connectivity index (χ2v) is 6.68. The molecule has 0 saturated heterocycles. The van der Waals surface area contributed by atoms with Gasteiger partial charge >= 0.3 is 0 Å². The van der Waals surface area contributed by atoms with E-state index in [1.165, 1.54) is 32.1 Å². The van der Waals surface area contributed by atoms with Crippen LogP contribution in [-0.2, 0) is 0 Å². The second-order valence-electron chi connectivity index (χ2n) is 6.68.